The third-order valence-electron chi connectivity index (χ3n) is 6.50. The molecule has 0 amide bonds. The molecule has 0 aromatic rings. The lowest BCUT2D eigenvalue weighted by molar-refractivity contribution is -0.146. The van der Waals surface area contributed by atoms with E-state index in [-0.39, 0.29) is 18.3 Å². The summed E-state index contributed by atoms with van der Waals surface area (Å²) in [6.07, 6.45) is 17.1. The lowest BCUT2D eigenvalue weighted by atomic mass is 9.70. The van der Waals surface area contributed by atoms with Crippen LogP contribution in [0.5, 0.6) is 0 Å². The van der Waals surface area contributed by atoms with Gasteiger partial charge in [0.2, 0.25) is 0 Å². The molecule has 2 rings (SSSR count). The van der Waals surface area contributed by atoms with Crippen LogP contribution in [-0.2, 0) is 9.53 Å². The van der Waals surface area contributed by atoms with E-state index in [1.165, 1.54) is 70.6 Å². The predicted octanol–water partition coefficient (Wildman–Crippen LogP) is 5.41. The van der Waals surface area contributed by atoms with E-state index in [0.29, 0.717) is 0 Å². The normalized spacial score (nSPS) is 30.0. The van der Waals surface area contributed by atoms with Gasteiger partial charge in [0.1, 0.15) is 6.10 Å². The Hall–Kier alpha value is -0.830. The van der Waals surface area contributed by atoms with Crippen LogP contribution < -0.4 is 0 Å². The fourth-order valence-corrected chi connectivity index (χ4v) is 4.79. The highest BCUT2D eigenvalue weighted by Gasteiger charge is 2.31. The summed E-state index contributed by atoms with van der Waals surface area (Å²) in [7, 11) is 0. The number of rotatable bonds is 9. The molecule has 0 bridgehead atoms. The summed E-state index contributed by atoms with van der Waals surface area (Å²) in [5, 5.41) is 8.95. The molecule has 2 fully saturated rings. The molecule has 0 radical (unpaired) electrons. The summed E-state index contributed by atoms with van der Waals surface area (Å²) in [4.78, 5) is 11.7. The second kappa shape index (κ2) is 11.0. The van der Waals surface area contributed by atoms with Gasteiger partial charge in [0.05, 0.1) is 12.2 Å². The molecule has 0 atom stereocenters. The van der Waals surface area contributed by atoms with Crippen LogP contribution in [0.3, 0.4) is 0 Å². The Morgan fingerprint density at radius 2 is 1.56 bits per heavy atom. The Balaban J connectivity index is 1.62. The molecule has 3 heteroatoms. The standard InChI is InChI=1S/C22H38O3/c1-3-4-5-6-7-18-8-10-19(11-9-18)20-12-14-21(15-13-20)25-22(24)17(2)16-23/h18-21,23H,2-16H2,1H3. The summed E-state index contributed by atoms with van der Waals surface area (Å²) in [5.41, 5.74) is 0.166. The van der Waals surface area contributed by atoms with Crippen LogP contribution in [0.25, 0.3) is 0 Å². The van der Waals surface area contributed by atoms with E-state index < -0.39 is 5.97 Å². The molecule has 25 heavy (non-hydrogen) atoms. The van der Waals surface area contributed by atoms with Gasteiger partial charge < -0.3 is 9.84 Å². The quantitative estimate of drug-likeness (QED) is 0.343. The lowest BCUT2D eigenvalue weighted by Crippen LogP contribution is -2.30. The van der Waals surface area contributed by atoms with E-state index in [4.69, 9.17) is 9.84 Å². The topological polar surface area (TPSA) is 46.5 Å². The molecule has 2 aliphatic carbocycles. The molecule has 144 valence electrons. The Morgan fingerprint density at radius 1 is 0.960 bits per heavy atom. The molecule has 3 nitrogen and oxygen atoms in total. The number of hydrogen-bond donors (Lipinski definition) is 1. The minimum absolute atomic E-state index is 0.0296. The molecule has 0 heterocycles. The summed E-state index contributed by atoms with van der Waals surface area (Å²) in [6.45, 7) is 5.51. The van der Waals surface area contributed by atoms with Gasteiger partial charge in [-0.3, -0.25) is 0 Å². The van der Waals surface area contributed by atoms with Crippen molar-refractivity contribution >= 4 is 5.97 Å². The van der Waals surface area contributed by atoms with E-state index >= 15 is 0 Å². The second-order valence-electron chi connectivity index (χ2n) is 8.33. The van der Waals surface area contributed by atoms with Gasteiger partial charge in [0.25, 0.3) is 0 Å². The molecule has 1 N–H and O–H groups in total. The van der Waals surface area contributed by atoms with Crippen LogP contribution in [0, 0.1) is 17.8 Å². The van der Waals surface area contributed by atoms with Crippen molar-refractivity contribution in [2.24, 2.45) is 17.8 Å². The molecule has 0 aromatic heterocycles. The average Bonchev–Trinajstić information content (AvgIpc) is 2.65. The van der Waals surface area contributed by atoms with Crippen LogP contribution in [0.2, 0.25) is 0 Å². The summed E-state index contributed by atoms with van der Waals surface area (Å²) in [5.74, 6) is 2.29. The summed E-state index contributed by atoms with van der Waals surface area (Å²) in [6, 6.07) is 0. The van der Waals surface area contributed by atoms with Gasteiger partial charge in [-0.15, -0.1) is 0 Å². The van der Waals surface area contributed by atoms with Crippen LogP contribution >= 0.6 is 0 Å². The van der Waals surface area contributed by atoms with Gasteiger partial charge in [-0.05, 0) is 56.3 Å². The number of ether oxygens (including phenoxy) is 1. The SMILES string of the molecule is C=C(CO)C(=O)OC1CCC(C2CCC(CCCCCC)CC2)CC1. The van der Waals surface area contributed by atoms with Gasteiger partial charge in [0, 0.05) is 0 Å². The van der Waals surface area contributed by atoms with Crippen LogP contribution in [0.15, 0.2) is 12.2 Å². The number of hydrogen-bond acceptors (Lipinski definition) is 3. The number of aliphatic hydroxyl groups excluding tert-OH is 1. The fraction of sp³-hybridized carbons (Fsp3) is 0.864. The highest BCUT2D eigenvalue weighted by Crippen LogP contribution is 2.41. The summed E-state index contributed by atoms with van der Waals surface area (Å²) >= 11 is 0. The maximum absolute atomic E-state index is 11.7. The molecule has 0 aliphatic heterocycles. The zero-order valence-electron chi connectivity index (χ0n) is 16.2. The monoisotopic (exact) mass is 350 g/mol. The zero-order chi connectivity index (χ0) is 18.1. The highest BCUT2D eigenvalue weighted by atomic mass is 16.5. The van der Waals surface area contributed by atoms with Crippen molar-refractivity contribution in [2.75, 3.05) is 6.61 Å². The number of unbranched alkanes of at least 4 members (excludes halogenated alkanes) is 3. The lowest BCUT2D eigenvalue weighted by Gasteiger charge is -2.37. The average molecular weight is 351 g/mol. The van der Waals surface area contributed by atoms with E-state index in [1.807, 2.05) is 0 Å². The Labute approximate surface area is 154 Å². The Bertz CT molecular complexity index is 401. The molecular weight excluding hydrogens is 312 g/mol. The van der Waals surface area contributed by atoms with Gasteiger partial charge in [-0.1, -0.05) is 58.4 Å². The third kappa shape index (κ3) is 6.77. The van der Waals surface area contributed by atoms with E-state index in [2.05, 4.69) is 13.5 Å². The smallest absolute Gasteiger partial charge is 0.336 e. The predicted molar refractivity (Wildman–Crippen MR) is 102 cm³/mol. The molecule has 0 unspecified atom stereocenters. The Morgan fingerprint density at radius 3 is 2.12 bits per heavy atom. The van der Waals surface area contributed by atoms with Gasteiger partial charge >= 0.3 is 5.97 Å². The first-order valence-corrected chi connectivity index (χ1v) is 10.6. The van der Waals surface area contributed by atoms with Gasteiger partial charge in [0.15, 0.2) is 0 Å². The largest absolute Gasteiger partial charge is 0.459 e. The Kier molecular flexibility index (Phi) is 9.02. The van der Waals surface area contributed by atoms with E-state index in [0.717, 1.165) is 30.6 Å². The molecule has 0 spiro atoms. The fourth-order valence-electron chi connectivity index (χ4n) is 4.79. The van der Waals surface area contributed by atoms with Crippen LogP contribution in [0.4, 0.5) is 0 Å². The van der Waals surface area contributed by atoms with Crippen molar-refractivity contribution in [1.82, 2.24) is 0 Å². The minimum Gasteiger partial charge on any atom is -0.459 e. The third-order valence-corrected chi connectivity index (χ3v) is 6.50. The number of carbonyl (C=O) groups is 1. The maximum Gasteiger partial charge on any atom is 0.336 e. The van der Waals surface area contributed by atoms with Crippen molar-refractivity contribution < 1.29 is 14.6 Å². The van der Waals surface area contributed by atoms with E-state index in [1.54, 1.807) is 0 Å². The second-order valence-corrected chi connectivity index (χ2v) is 8.33. The number of esters is 1. The van der Waals surface area contributed by atoms with Crippen LogP contribution in [-0.4, -0.2) is 23.8 Å². The van der Waals surface area contributed by atoms with Crippen molar-refractivity contribution in [3.05, 3.63) is 12.2 Å². The first kappa shape index (κ1) is 20.5. The molecular formula is C22H38O3. The summed E-state index contributed by atoms with van der Waals surface area (Å²) < 4.78 is 5.46. The first-order valence-electron chi connectivity index (χ1n) is 10.6. The van der Waals surface area contributed by atoms with Crippen molar-refractivity contribution in [1.29, 1.82) is 0 Å². The van der Waals surface area contributed by atoms with Crippen molar-refractivity contribution in [2.45, 2.75) is 96.5 Å². The molecule has 0 aromatic carbocycles. The zero-order valence-corrected chi connectivity index (χ0v) is 16.2. The number of aliphatic hydroxyl groups is 1. The first-order chi connectivity index (χ1) is 12.1. The molecule has 2 saturated carbocycles. The van der Waals surface area contributed by atoms with Crippen molar-refractivity contribution in [3.8, 4) is 0 Å². The molecule has 2 aliphatic rings. The van der Waals surface area contributed by atoms with Crippen molar-refractivity contribution in [3.63, 3.8) is 0 Å². The van der Waals surface area contributed by atoms with E-state index in [9.17, 15) is 4.79 Å². The molecule has 0 saturated heterocycles. The minimum atomic E-state index is -0.422. The van der Waals surface area contributed by atoms with Gasteiger partial charge in [-0.25, -0.2) is 4.79 Å². The maximum atomic E-state index is 11.7. The number of carbonyl (C=O) groups excluding carboxylic acids is 1. The van der Waals surface area contributed by atoms with Gasteiger partial charge in [-0.2, -0.15) is 0 Å². The highest BCUT2D eigenvalue weighted by molar-refractivity contribution is 5.88. The van der Waals surface area contributed by atoms with Crippen LogP contribution in [0.1, 0.15) is 90.4 Å².